The lowest BCUT2D eigenvalue weighted by molar-refractivity contribution is -0.142. The predicted octanol–water partition coefficient (Wildman–Crippen LogP) is 3.16. The molecule has 146 valence electrons. The third kappa shape index (κ3) is 4.97. The SMILES string of the molecule is CCOC(=O)CN(C(=O)CSc1nnc(-c2ccco2)o1)c1ccc(F)cc1. The van der Waals surface area contributed by atoms with Gasteiger partial charge in [0.1, 0.15) is 12.4 Å². The minimum absolute atomic E-state index is 0.0728. The molecule has 3 aromatic rings. The van der Waals surface area contributed by atoms with Gasteiger partial charge in [0, 0.05) is 5.69 Å². The molecule has 1 aromatic carbocycles. The minimum atomic E-state index is -0.567. The first-order valence-corrected chi connectivity index (χ1v) is 9.27. The van der Waals surface area contributed by atoms with E-state index in [9.17, 15) is 14.0 Å². The summed E-state index contributed by atoms with van der Waals surface area (Å²) in [4.78, 5) is 25.7. The fraction of sp³-hybridized carbons (Fsp3) is 0.222. The largest absolute Gasteiger partial charge is 0.465 e. The summed E-state index contributed by atoms with van der Waals surface area (Å²) >= 11 is 1.01. The average Bonchev–Trinajstić information content (AvgIpc) is 3.37. The molecule has 28 heavy (non-hydrogen) atoms. The Balaban J connectivity index is 1.68. The van der Waals surface area contributed by atoms with Gasteiger partial charge < -0.3 is 18.5 Å². The molecule has 0 spiro atoms. The first kappa shape index (κ1) is 19.6. The van der Waals surface area contributed by atoms with Gasteiger partial charge in [0.15, 0.2) is 5.76 Å². The Kier molecular flexibility index (Phi) is 6.43. The first-order chi connectivity index (χ1) is 13.6. The van der Waals surface area contributed by atoms with Gasteiger partial charge in [-0.1, -0.05) is 11.8 Å². The number of benzene rings is 1. The van der Waals surface area contributed by atoms with Gasteiger partial charge in [-0.15, -0.1) is 10.2 Å². The number of hydrogen-bond donors (Lipinski definition) is 0. The fourth-order valence-corrected chi connectivity index (χ4v) is 2.89. The summed E-state index contributed by atoms with van der Waals surface area (Å²) in [5.41, 5.74) is 0.377. The average molecular weight is 405 g/mol. The summed E-state index contributed by atoms with van der Waals surface area (Å²) in [6.07, 6.45) is 1.48. The van der Waals surface area contributed by atoms with Gasteiger partial charge in [-0.3, -0.25) is 9.59 Å². The van der Waals surface area contributed by atoms with Gasteiger partial charge in [0.2, 0.25) is 5.91 Å². The van der Waals surface area contributed by atoms with Crippen LogP contribution in [0.1, 0.15) is 6.92 Å². The molecule has 8 nitrogen and oxygen atoms in total. The van der Waals surface area contributed by atoms with E-state index in [1.807, 2.05) is 0 Å². The zero-order valence-electron chi connectivity index (χ0n) is 14.8. The van der Waals surface area contributed by atoms with Crippen LogP contribution in [0.5, 0.6) is 0 Å². The number of halogens is 1. The van der Waals surface area contributed by atoms with Crippen LogP contribution in [-0.2, 0) is 14.3 Å². The maximum absolute atomic E-state index is 13.2. The molecule has 0 saturated heterocycles. The van der Waals surface area contributed by atoms with Crippen LogP contribution < -0.4 is 4.90 Å². The van der Waals surface area contributed by atoms with Crippen LogP contribution in [0.3, 0.4) is 0 Å². The second-order valence-electron chi connectivity index (χ2n) is 5.40. The maximum atomic E-state index is 13.2. The Morgan fingerprint density at radius 1 is 1.21 bits per heavy atom. The maximum Gasteiger partial charge on any atom is 0.326 e. The normalized spacial score (nSPS) is 10.6. The molecule has 0 aliphatic carbocycles. The van der Waals surface area contributed by atoms with E-state index in [-0.39, 0.29) is 30.0 Å². The van der Waals surface area contributed by atoms with Gasteiger partial charge >= 0.3 is 5.97 Å². The van der Waals surface area contributed by atoms with E-state index in [4.69, 9.17) is 13.6 Å². The minimum Gasteiger partial charge on any atom is -0.465 e. The quantitative estimate of drug-likeness (QED) is 0.416. The molecule has 0 radical (unpaired) electrons. The summed E-state index contributed by atoms with van der Waals surface area (Å²) < 4.78 is 28.7. The van der Waals surface area contributed by atoms with Gasteiger partial charge in [0.05, 0.1) is 18.6 Å². The molecule has 0 unspecified atom stereocenters. The summed E-state index contributed by atoms with van der Waals surface area (Å²) in [7, 11) is 0. The van der Waals surface area contributed by atoms with Crippen molar-refractivity contribution in [2.45, 2.75) is 12.1 Å². The summed E-state index contributed by atoms with van der Waals surface area (Å²) in [5, 5.41) is 7.88. The van der Waals surface area contributed by atoms with E-state index in [1.165, 1.54) is 35.4 Å². The van der Waals surface area contributed by atoms with Crippen LogP contribution >= 0.6 is 11.8 Å². The van der Waals surface area contributed by atoms with E-state index < -0.39 is 17.7 Å². The first-order valence-electron chi connectivity index (χ1n) is 8.28. The van der Waals surface area contributed by atoms with Gasteiger partial charge in [0.25, 0.3) is 11.1 Å². The highest BCUT2D eigenvalue weighted by molar-refractivity contribution is 7.99. The van der Waals surface area contributed by atoms with Crippen molar-refractivity contribution < 1.29 is 27.6 Å². The summed E-state index contributed by atoms with van der Waals surface area (Å²) in [5.74, 6) is -0.873. The van der Waals surface area contributed by atoms with Crippen LogP contribution in [-0.4, -0.2) is 41.0 Å². The van der Waals surface area contributed by atoms with E-state index in [0.717, 1.165) is 11.8 Å². The topological polar surface area (TPSA) is 98.7 Å². The zero-order chi connectivity index (χ0) is 19.9. The van der Waals surface area contributed by atoms with Crippen LogP contribution in [0.25, 0.3) is 11.7 Å². The zero-order valence-corrected chi connectivity index (χ0v) is 15.6. The van der Waals surface area contributed by atoms with Crippen LogP contribution in [0.15, 0.2) is 56.7 Å². The van der Waals surface area contributed by atoms with Crippen molar-refractivity contribution in [2.75, 3.05) is 23.8 Å². The lowest BCUT2D eigenvalue weighted by atomic mass is 10.2. The lowest BCUT2D eigenvalue weighted by Gasteiger charge is -2.21. The second-order valence-corrected chi connectivity index (χ2v) is 6.33. The molecule has 2 heterocycles. The highest BCUT2D eigenvalue weighted by Crippen LogP contribution is 2.24. The molecular formula is C18H16FN3O5S. The van der Waals surface area contributed by atoms with Crippen LogP contribution in [0.2, 0.25) is 0 Å². The number of amides is 1. The highest BCUT2D eigenvalue weighted by atomic mass is 32.2. The van der Waals surface area contributed by atoms with Crippen molar-refractivity contribution in [1.29, 1.82) is 0 Å². The number of thioether (sulfide) groups is 1. The number of esters is 1. The fourth-order valence-electron chi connectivity index (χ4n) is 2.25. The van der Waals surface area contributed by atoms with Gasteiger partial charge in [-0.05, 0) is 43.3 Å². The number of aromatic nitrogens is 2. The summed E-state index contributed by atoms with van der Waals surface area (Å²) in [6, 6.07) is 8.61. The van der Waals surface area contributed by atoms with Crippen molar-refractivity contribution in [3.8, 4) is 11.7 Å². The lowest BCUT2D eigenvalue weighted by Crippen LogP contribution is -2.37. The molecule has 0 saturated carbocycles. The van der Waals surface area contributed by atoms with E-state index in [1.54, 1.807) is 19.1 Å². The number of furan rings is 1. The third-order valence-electron chi connectivity index (χ3n) is 3.49. The monoisotopic (exact) mass is 405 g/mol. The molecule has 0 atom stereocenters. The molecule has 2 aromatic heterocycles. The predicted molar refractivity (Wildman–Crippen MR) is 98.1 cm³/mol. The number of nitrogens with zero attached hydrogens (tertiary/aromatic N) is 3. The Bertz CT molecular complexity index is 927. The van der Waals surface area contributed by atoms with Gasteiger partial charge in [-0.2, -0.15) is 0 Å². The van der Waals surface area contributed by atoms with Crippen molar-refractivity contribution >= 4 is 29.3 Å². The Morgan fingerprint density at radius 2 is 2.00 bits per heavy atom. The number of carbonyl (C=O) groups is 2. The number of hydrogen-bond acceptors (Lipinski definition) is 8. The smallest absolute Gasteiger partial charge is 0.326 e. The molecule has 0 aliphatic heterocycles. The molecular weight excluding hydrogens is 389 g/mol. The van der Waals surface area contributed by atoms with Crippen LogP contribution in [0, 0.1) is 5.82 Å². The number of carbonyl (C=O) groups excluding carboxylic acids is 2. The number of rotatable bonds is 8. The molecule has 0 bridgehead atoms. The number of ether oxygens (including phenoxy) is 1. The Morgan fingerprint density at radius 3 is 2.68 bits per heavy atom. The van der Waals surface area contributed by atoms with Crippen molar-refractivity contribution in [3.63, 3.8) is 0 Å². The molecule has 1 amide bonds. The number of anilines is 1. The summed E-state index contributed by atoms with van der Waals surface area (Å²) in [6.45, 7) is 1.57. The van der Waals surface area contributed by atoms with Crippen molar-refractivity contribution in [3.05, 3.63) is 48.5 Å². The Labute approximate surface area is 163 Å². The van der Waals surface area contributed by atoms with E-state index in [0.29, 0.717) is 11.4 Å². The standard InChI is InChI=1S/C18H16FN3O5S/c1-2-25-16(24)10-22(13-7-5-12(19)6-8-13)15(23)11-28-18-21-20-17(27-18)14-4-3-9-26-14/h3-9H,2,10-11H2,1H3. The third-order valence-corrected chi connectivity index (χ3v) is 4.29. The van der Waals surface area contributed by atoms with Crippen molar-refractivity contribution in [2.24, 2.45) is 0 Å². The second kappa shape index (κ2) is 9.18. The molecule has 10 heteroatoms. The van der Waals surface area contributed by atoms with E-state index >= 15 is 0 Å². The molecule has 0 aliphatic rings. The Hall–Kier alpha value is -3.14. The van der Waals surface area contributed by atoms with Crippen LogP contribution in [0.4, 0.5) is 10.1 Å². The van der Waals surface area contributed by atoms with E-state index in [2.05, 4.69) is 10.2 Å². The van der Waals surface area contributed by atoms with Crippen molar-refractivity contribution in [1.82, 2.24) is 10.2 Å². The molecule has 0 N–H and O–H groups in total. The molecule has 0 fully saturated rings. The molecule has 3 rings (SSSR count). The highest BCUT2D eigenvalue weighted by Gasteiger charge is 2.21. The van der Waals surface area contributed by atoms with Gasteiger partial charge in [-0.25, -0.2) is 4.39 Å².